The summed E-state index contributed by atoms with van der Waals surface area (Å²) in [5.74, 6) is 1.01. The van der Waals surface area contributed by atoms with E-state index in [4.69, 9.17) is 4.74 Å². The second-order valence-electron chi connectivity index (χ2n) is 3.25. The minimum Gasteiger partial charge on any atom is -0.496 e. The molecule has 2 heterocycles. The van der Waals surface area contributed by atoms with Gasteiger partial charge in [-0.3, -0.25) is 4.98 Å². The molecule has 1 N–H and O–H groups in total. The summed E-state index contributed by atoms with van der Waals surface area (Å²) in [7, 11) is 1.93. The number of nitrogens with one attached hydrogen (secondary N) is 1. The van der Waals surface area contributed by atoms with Crippen molar-refractivity contribution in [2.45, 2.75) is 12.5 Å². The Kier molecular flexibility index (Phi) is 2.79. The minimum atomic E-state index is 0.145. The summed E-state index contributed by atoms with van der Waals surface area (Å²) in [6.07, 6.45) is 6.78. The predicted octanol–water partition coefficient (Wildman–Crippen LogP) is 1.65. The average molecular weight is 190 g/mol. The minimum absolute atomic E-state index is 0.145. The molecule has 0 radical (unpaired) electrons. The molecule has 0 bridgehead atoms. The number of likely N-dealkylation sites (N-methyl/N-ethyl adjacent to an activating group) is 1. The molecule has 3 nitrogen and oxygen atoms in total. The van der Waals surface area contributed by atoms with Gasteiger partial charge in [0.1, 0.15) is 5.76 Å². The first-order valence-electron chi connectivity index (χ1n) is 4.82. The smallest absolute Gasteiger partial charge is 0.114 e. The Morgan fingerprint density at radius 3 is 3.07 bits per heavy atom. The number of hydrogen-bond acceptors (Lipinski definition) is 3. The largest absolute Gasteiger partial charge is 0.496 e. The third kappa shape index (κ3) is 1.77. The molecule has 1 aliphatic rings. The van der Waals surface area contributed by atoms with Crippen molar-refractivity contribution in [1.82, 2.24) is 10.3 Å². The molecule has 3 heteroatoms. The summed E-state index contributed by atoms with van der Waals surface area (Å²) in [5.41, 5.74) is 1.14. The molecule has 1 atom stereocenters. The molecule has 0 spiro atoms. The van der Waals surface area contributed by atoms with Crippen LogP contribution in [0.25, 0.3) is 0 Å². The lowest BCUT2D eigenvalue weighted by atomic mass is 10.1. The number of pyridine rings is 1. The van der Waals surface area contributed by atoms with E-state index in [1.165, 1.54) is 0 Å². The summed E-state index contributed by atoms with van der Waals surface area (Å²) in [4.78, 5) is 4.10. The predicted molar refractivity (Wildman–Crippen MR) is 54.7 cm³/mol. The van der Waals surface area contributed by atoms with Gasteiger partial charge in [0.25, 0.3) is 0 Å². The van der Waals surface area contributed by atoms with Gasteiger partial charge in [0, 0.05) is 18.8 Å². The molecule has 0 fully saturated rings. The maximum Gasteiger partial charge on any atom is 0.114 e. The van der Waals surface area contributed by atoms with Crippen molar-refractivity contribution in [3.05, 3.63) is 41.9 Å². The first kappa shape index (κ1) is 9.21. The van der Waals surface area contributed by atoms with Gasteiger partial charge in [-0.2, -0.15) is 0 Å². The van der Waals surface area contributed by atoms with E-state index < -0.39 is 0 Å². The Hall–Kier alpha value is -1.35. The quantitative estimate of drug-likeness (QED) is 0.786. The lowest BCUT2D eigenvalue weighted by Gasteiger charge is -2.17. The van der Waals surface area contributed by atoms with Crippen molar-refractivity contribution >= 4 is 0 Å². The summed E-state index contributed by atoms with van der Waals surface area (Å²) in [5, 5.41) is 3.23. The number of aromatic nitrogens is 1. The third-order valence-electron chi connectivity index (χ3n) is 2.32. The van der Waals surface area contributed by atoms with E-state index in [2.05, 4.69) is 22.4 Å². The molecule has 0 amide bonds. The average Bonchev–Trinajstić information content (AvgIpc) is 2.74. The molecule has 74 valence electrons. The number of hydrogen-bond donors (Lipinski definition) is 1. The molecular formula is C11H14N2O. The monoisotopic (exact) mass is 190 g/mol. The van der Waals surface area contributed by atoms with Crippen molar-refractivity contribution in [1.29, 1.82) is 0 Å². The van der Waals surface area contributed by atoms with Crippen molar-refractivity contribution in [3.8, 4) is 0 Å². The van der Waals surface area contributed by atoms with Crippen molar-refractivity contribution in [2.75, 3.05) is 13.7 Å². The highest BCUT2D eigenvalue weighted by Gasteiger charge is 2.18. The molecule has 14 heavy (non-hydrogen) atoms. The van der Waals surface area contributed by atoms with E-state index in [1.807, 2.05) is 19.3 Å². The lowest BCUT2D eigenvalue weighted by Crippen LogP contribution is -2.19. The fourth-order valence-corrected chi connectivity index (χ4v) is 1.66. The van der Waals surface area contributed by atoms with Crippen LogP contribution in [-0.4, -0.2) is 18.6 Å². The molecule has 0 aliphatic carbocycles. The van der Waals surface area contributed by atoms with Crippen LogP contribution in [0.3, 0.4) is 0 Å². The van der Waals surface area contributed by atoms with Gasteiger partial charge in [0.15, 0.2) is 0 Å². The lowest BCUT2D eigenvalue weighted by molar-refractivity contribution is 0.218. The highest BCUT2D eigenvalue weighted by Crippen LogP contribution is 2.25. The molecule has 0 aromatic carbocycles. The highest BCUT2D eigenvalue weighted by atomic mass is 16.5. The summed E-state index contributed by atoms with van der Waals surface area (Å²) < 4.78 is 5.53. The van der Waals surface area contributed by atoms with Crippen LogP contribution < -0.4 is 5.32 Å². The topological polar surface area (TPSA) is 34.1 Å². The third-order valence-corrected chi connectivity index (χ3v) is 2.32. The Labute approximate surface area is 83.8 Å². The van der Waals surface area contributed by atoms with Gasteiger partial charge >= 0.3 is 0 Å². The molecule has 1 aliphatic heterocycles. The molecule has 1 aromatic heterocycles. The molecule has 0 saturated carbocycles. The van der Waals surface area contributed by atoms with E-state index in [0.29, 0.717) is 0 Å². The fourth-order valence-electron chi connectivity index (χ4n) is 1.66. The van der Waals surface area contributed by atoms with Gasteiger partial charge in [0.2, 0.25) is 0 Å². The van der Waals surface area contributed by atoms with Gasteiger partial charge in [-0.05, 0) is 24.8 Å². The molecular weight excluding hydrogens is 176 g/mol. The summed E-state index contributed by atoms with van der Waals surface area (Å²) in [6, 6.07) is 4.14. The normalized spacial score (nSPS) is 17.4. The van der Waals surface area contributed by atoms with E-state index in [9.17, 15) is 0 Å². The molecule has 1 aromatic rings. The number of nitrogens with zero attached hydrogens (tertiary/aromatic N) is 1. The van der Waals surface area contributed by atoms with E-state index in [-0.39, 0.29) is 6.04 Å². The summed E-state index contributed by atoms with van der Waals surface area (Å²) in [6.45, 7) is 0.799. The van der Waals surface area contributed by atoms with Crippen LogP contribution in [0.2, 0.25) is 0 Å². The Bertz CT molecular complexity index is 321. The maximum atomic E-state index is 5.53. The van der Waals surface area contributed by atoms with Crippen molar-refractivity contribution in [3.63, 3.8) is 0 Å². The number of rotatable bonds is 3. The van der Waals surface area contributed by atoms with Gasteiger partial charge in [0.05, 0.1) is 12.6 Å². The standard InChI is InChI=1S/C11H14N2O/c1-12-11(10-5-3-7-14-10)9-4-2-6-13-8-9/h2,4-6,8,11-12H,3,7H2,1H3. The van der Waals surface area contributed by atoms with Crippen LogP contribution in [-0.2, 0) is 4.74 Å². The van der Waals surface area contributed by atoms with Gasteiger partial charge in [-0.15, -0.1) is 0 Å². The van der Waals surface area contributed by atoms with Crippen molar-refractivity contribution < 1.29 is 4.74 Å². The van der Waals surface area contributed by atoms with Gasteiger partial charge in [-0.1, -0.05) is 6.07 Å². The SMILES string of the molecule is CNC(C1=CCCO1)c1cccnc1. The first-order chi connectivity index (χ1) is 6.92. The zero-order valence-corrected chi connectivity index (χ0v) is 8.23. The Morgan fingerprint density at radius 2 is 2.50 bits per heavy atom. The molecule has 0 saturated heterocycles. The van der Waals surface area contributed by atoms with E-state index >= 15 is 0 Å². The second kappa shape index (κ2) is 4.24. The number of ether oxygens (including phenoxy) is 1. The first-order valence-corrected chi connectivity index (χ1v) is 4.82. The van der Waals surface area contributed by atoms with Crippen LogP contribution in [0.1, 0.15) is 18.0 Å². The van der Waals surface area contributed by atoms with Crippen LogP contribution in [0.15, 0.2) is 36.4 Å². The van der Waals surface area contributed by atoms with Crippen molar-refractivity contribution in [2.24, 2.45) is 0 Å². The van der Waals surface area contributed by atoms with Gasteiger partial charge in [-0.25, -0.2) is 0 Å². The Morgan fingerprint density at radius 1 is 1.57 bits per heavy atom. The molecule has 1 unspecified atom stereocenters. The Balaban J connectivity index is 2.21. The van der Waals surface area contributed by atoms with Crippen LogP contribution in [0.4, 0.5) is 0 Å². The fraction of sp³-hybridized carbons (Fsp3) is 0.364. The maximum absolute atomic E-state index is 5.53. The summed E-state index contributed by atoms with van der Waals surface area (Å²) >= 11 is 0. The second-order valence-corrected chi connectivity index (χ2v) is 3.25. The highest BCUT2D eigenvalue weighted by molar-refractivity contribution is 5.23. The van der Waals surface area contributed by atoms with E-state index in [1.54, 1.807) is 6.20 Å². The van der Waals surface area contributed by atoms with Crippen LogP contribution in [0.5, 0.6) is 0 Å². The van der Waals surface area contributed by atoms with Gasteiger partial charge < -0.3 is 10.1 Å². The molecule has 2 rings (SSSR count). The zero-order valence-electron chi connectivity index (χ0n) is 8.23. The zero-order chi connectivity index (χ0) is 9.80. The van der Waals surface area contributed by atoms with Crippen LogP contribution >= 0.6 is 0 Å². The van der Waals surface area contributed by atoms with Crippen LogP contribution in [0, 0.1) is 0 Å². The van der Waals surface area contributed by atoms with E-state index in [0.717, 1.165) is 24.4 Å².